The molecular weight excluding hydrogens is 434 g/mol. The van der Waals surface area contributed by atoms with Gasteiger partial charge in [0.25, 0.3) is 0 Å². The van der Waals surface area contributed by atoms with Crippen molar-refractivity contribution in [1.82, 2.24) is 10.3 Å². The summed E-state index contributed by atoms with van der Waals surface area (Å²) >= 11 is 0. The molecular formula is C26H27N3O5. The van der Waals surface area contributed by atoms with E-state index in [2.05, 4.69) is 15.6 Å². The highest BCUT2D eigenvalue weighted by atomic mass is 16.5. The van der Waals surface area contributed by atoms with Crippen LogP contribution >= 0.6 is 0 Å². The normalized spacial score (nSPS) is 14.9. The first-order valence-electron chi connectivity index (χ1n) is 11.1. The van der Waals surface area contributed by atoms with Gasteiger partial charge in [-0.1, -0.05) is 24.3 Å². The molecule has 1 aliphatic rings. The topological polar surface area (TPSA) is 98.8 Å². The van der Waals surface area contributed by atoms with E-state index in [1.807, 2.05) is 60.7 Å². The van der Waals surface area contributed by atoms with Gasteiger partial charge in [0.1, 0.15) is 6.04 Å². The number of nitrogens with one attached hydrogen (secondary N) is 2. The van der Waals surface area contributed by atoms with Gasteiger partial charge in [-0.3, -0.25) is 9.59 Å². The van der Waals surface area contributed by atoms with Crippen molar-refractivity contribution in [1.29, 1.82) is 0 Å². The summed E-state index contributed by atoms with van der Waals surface area (Å²) in [6.07, 6.45) is 1.57. The lowest BCUT2D eigenvalue weighted by Gasteiger charge is -2.12. The average molecular weight is 462 g/mol. The molecule has 1 atom stereocenters. The Hall–Kier alpha value is -4.07. The number of carbonyl (C=O) groups is 2. The first-order valence-corrected chi connectivity index (χ1v) is 11.1. The molecule has 0 aliphatic carbocycles. The minimum atomic E-state index is -0.489. The minimum absolute atomic E-state index is 0.0963. The van der Waals surface area contributed by atoms with Crippen LogP contribution in [0.3, 0.4) is 0 Å². The van der Waals surface area contributed by atoms with E-state index < -0.39 is 6.04 Å². The summed E-state index contributed by atoms with van der Waals surface area (Å²) in [4.78, 5) is 28.4. The molecule has 1 saturated heterocycles. The molecule has 2 amide bonds. The maximum absolute atomic E-state index is 12.4. The molecule has 4 rings (SSSR count). The second-order valence-electron chi connectivity index (χ2n) is 7.88. The molecule has 1 unspecified atom stereocenters. The van der Waals surface area contributed by atoms with Gasteiger partial charge in [-0.25, -0.2) is 4.98 Å². The number of methoxy groups -OCH3 is 2. The minimum Gasteiger partial charge on any atom is -0.493 e. The Labute approximate surface area is 198 Å². The van der Waals surface area contributed by atoms with Crippen molar-refractivity contribution in [3.05, 3.63) is 66.2 Å². The van der Waals surface area contributed by atoms with Crippen molar-refractivity contribution >= 4 is 17.5 Å². The van der Waals surface area contributed by atoms with Crippen LogP contribution in [0.5, 0.6) is 17.4 Å². The van der Waals surface area contributed by atoms with Gasteiger partial charge in [-0.15, -0.1) is 0 Å². The van der Waals surface area contributed by atoms with Crippen LogP contribution in [-0.4, -0.2) is 43.7 Å². The quantitative estimate of drug-likeness (QED) is 0.505. The molecule has 8 nitrogen and oxygen atoms in total. The van der Waals surface area contributed by atoms with Crippen molar-refractivity contribution in [3.63, 3.8) is 0 Å². The summed E-state index contributed by atoms with van der Waals surface area (Å²) in [5.74, 6) is 1.57. The number of hydrogen-bond acceptors (Lipinski definition) is 6. The number of rotatable bonds is 9. The molecule has 2 aromatic carbocycles. The maximum atomic E-state index is 12.4. The summed E-state index contributed by atoms with van der Waals surface area (Å²) in [7, 11) is 3.22. The van der Waals surface area contributed by atoms with Crippen LogP contribution in [0.15, 0.2) is 60.7 Å². The highest BCUT2D eigenvalue weighted by Gasteiger charge is 2.27. The van der Waals surface area contributed by atoms with Gasteiger partial charge in [0.05, 0.1) is 26.5 Å². The Morgan fingerprint density at radius 3 is 2.65 bits per heavy atom. The molecule has 0 saturated carbocycles. The third kappa shape index (κ3) is 5.64. The van der Waals surface area contributed by atoms with E-state index in [1.165, 1.54) is 0 Å². The van der Waals surface area contributed by atoms with Crippen LogP contribution in [0.25, 0.3) is 11.3 Å². The maximum Gasteiger partial charge on any atom is 0.246 e. The Morgan fingerprint density at radius 2 is 1.88 bits per heavy atom. The first-order chi connectivity index (χ1) is 16.6. The van der Waals surface area contributed by atoms with Crippen LogP contribution < -0.4 is 24.8 Å². The summed E-state index contributed by atoms with van der Waals surface area (Å²) < 4.78 is 16.5. The molecule has 1 aliphatic heterocycles. The second-order valence-corrected chi connectivity index (χ2v) is 7.88. The molecule has 1 aromatic heterocycles. The Kier molecular flexibility index (Phi) is 7.27. The van der Waals surface area contributed by atoms with Crippen molar-refractivity contribution in [3.8, 4) is 28.6 Å². The van der Waals surface area contributed by atoms with E-state index in [1.54, 1.807) is 14.2 Å². The smallest absolute Gasteiger partial charge is 0.246 e. The Balaban J connectivity index is 1.38. The molecule has 3 aromatic rings. The van der Waals surface area contributed by atoms with Gasteiger partial charge >= 0.3 is 0 Å². The van der Waals surface area contributed by atoms with Crippen LogP contribution in [0, 0.1) is 0 Å². The molecule has 0 spiro atoms. The second kappa shape index (κ2) is 10.7. The number of hydrogen-bond donors (Lipinski definition) is 2. The molecule has 176 valence electrons. The Morgan fingerprint density at radius 1 is 1.06 bits per heavy atom. The number of anilines is 1. The lowest BCUT2D eigenvalue weighted by molar-refractivity contribution is -0.122. The number of aromatic nitrogens is 1. The number of amides is 2. The van der Waals surface area contributed by atoms with Crippen LogP contribution in [0.4, 0.5) is 5.69 Å². The van der Waals surface area contributed by atoms with E-state index in [0.717, 1.165) is 16.8 Å². The molecule has 0 radical (unpaired) electrons. The lowest BCUT2D eigenvalue weighted by Crippen LogP contribution is -2.37. The standard InChI is InChI=1S/C26H27N3O5/c1-32-22-11-9-17(15-23(22)33-2)13-14-34-25-8-4-7-20(29-25)18-5-3-6-19(16-18)27-26(31)21-10-12-24(30)28-21/h3-9,11,15-16,21H,10,12-14H2,1-2H3,(H,27,31)(H,28,30). The molecule has 2 N–H and O–H groups in total. The zero-order valence-corrected chi connectivity index (χ0v) is 19.2. The van der Waals surface area contributed by atoms with Crippen molar-refractivity contribution in [2.45, 2.75) is 25.3 Å². The largest absolute Gasteiger partial charge is 0.493 e. The third-order valence-corrected chi connectivity index (χ3v) is 5.55. The zero-order valence-electron chi connectivity index (χ0n) is 19.2. The predicted molar refractivity (Wildman–Crippen MR) is 128 cm³/mol. The summed E-state index contributed by atoms with van der Waals surface area (Å²) in [6, 6.07) is 18.3. The third-order valence-electron chi connectivity index (χ3n) is 5.55. The van der Waals surface area contributed by atoms with Gasteiger partial charge in [0, 0.05) is 30.2 Å². The van der Waals surface area contributed by atoms with Gasteiger partial charge in [0.15, 0.2) is 11.5 Å². The van der Waals surface area contributed by atoms with Crippen LogP contribution in [0.1, 0.15) is 18.4 Å². The summed E-state index contributed by atoms with van der Waals surface area (Å²) in [5, 5.41) is 5.55. The highest BCUT2D eigenvalue weighted by Crippen LogP contribution is 2.28. The number of carbonyl (C=O) groups excluding carboxylic acids is 2. The monoisotopic (exact) mass is 461 g/mol. The lowest BCUT2D eigenvalue weighted by atomic mass is 10.1. The van der Waals surface area contributed by atoms with E-state index in [4.69, 9.17) is 14.2 Å². The average Bonchev–Trinajstić information content (AvgIpc) is 3.31. The summed E-state index contributed by atoms with van der Waals surface area (Å²) in [6.45, 7) is 0.454. The fourth-order valence-electron chi connectivity index (χ4n) is 3.76. The number of benzene rings is 2. The van der Waals surface area contributed by atoms with E-state index in [9.17, 15) is 9.59 Å². The van der Waals surface area contributed by atoms with E-state index >= 15 is 0 Å². The van der Waals surface area contributed by atoms with Gasteiger partial charge < -0.3 is 24.8 Å². The van der Waals surface area contributed by atoms with Gasteiger partial charge in [-0.2, -0.15) is 0 Å². The number of nitrogens with zero attached hydrogens (tertiary/aromatic N) is 1. The molecule has 34 heavy (non-hydrogen) atoms. The SMILES string of the molecule is COc1ccc(CCOc2cccc(-c3cccc(NC(=O)C4CCC(=O)N4)c3)n2)cc1OC. The highest BCUT2D eigenvalue weighted by molar-refractivity contribution is 5.99. The van der Waals surface area contributed by atoms with Crippen molar-refractivity contribution < 1.29 is 23.8 Å². The van der Waals surface area contributed by atoms with E-state index in [0.29, 0.717) is 48.9 Å². The van der Waals surface area contributed by atoms with Crippen molar-refractivity contribution in [2.75, 3.05) is 26.1 Å². The molecule has 1 fully saturated rings. The van der Waals surface area contributed by atoms with Crippen LogP contribution in [-0.2, 0) is 16.0 Å². The fourth-order valence-corrected chi connectivity index (χ4v) is 3.76. The zero-order chi connectivity index (χ0) is 23.9. The summed E-state index contributed by atoms with van der Waals surface area (Å²) in [5.41, 5.74) is 3.29. The fraction of sp³-hybridized carbons (Fsp3) is 0.269. The molecule has 8 heteroatoms. The van der Waals surface area contributed by atoms with Gasteiger partial charge in [-0.05, 0) is 42.3 Å². The first kappa shape index (κ1) is 23.1. The van der Waals surface area contributed by atoms with Gasteiger partial charge in [0.2, 0.25) is 17.7 Å². The number of ether oxygens (including phenoxy) is 3. The molecule has 0 bridgehead atoms. The molecule has 2 heterocycles. The van der Waals surface area contributed by atoms with E-state index in [-0.39, 0.29) is 11.8 Å². The van der Waals surface area contributed by atoms with Crippen molar-refractivity contribution in [2.24, 2.45) is 0 Å². The Bertz CT molecular complexity index is 1180. The number of pyridine rings is 1. The predicted octanol–water partition coefficient (Wildman–Crippen LogP) is 3.60. The van der Waals surface area contributed by atoms with Crippen LogP contribution in [0.2, 0.25) is 0 Å².